The summed E-state index contributed by atoms with van der Waals surface area (Å²) in [4.78, 5) is 56.1. The van der Waals surface area contributed by atoms with Crippen LogP contribution in [0.25, 0.3) is 18.2 Å². The maximum atomic E-state index is 12.1. The monoisotopic (exact) mass is 1200 g/mol. The number of hydrogen-bond donors (Lipinski definition) is 2. The van der Waals surface area contributed by atoms with Crippen LogP contribution in [0.4, 0.5) is 0 Å². The Balaban J connectivity index is -0.000000302. The van der Waals surface area contributed by atoms with Gasteiger partial charge in [0.2, 0.25) is 5.91 Å². The Bertz CT molecular complexity index is 2690. The number of ether oxygens (including phenoxy) is 2. The number of carbonyl (C=O) groups excluding carboxylic acids is 4. The summed E-state index contributed by atoms with van der Waals surface area (Å²) in [5, 5.41) is 11.2. The van der Waals surface area contributed by atoms with Crippen molar-refractivity contribution in [1.29, 1.82) is 0 Å². The molecule has 4 aromatic carbocycles. The van der Waals surface area contributed by atoms with Gasteiger partial charge in [0.05, 0.1) is 26.4 Å². The number of aryl methyl sites for hydroxylation is 4. The zero-order valence-corrected chi connectivity index (χ0v) is 56.2. The van der Waals surface area contributed by atoms with Gasteiger partial charge in [-0.25, -0.2) is 9.59 Å². The summed E-state index contributed by atoms with van der Waals surface area (Å²) >= 11 is 0. The molecule has 454 valence electrons. The largest absolute Gasteiger partial charge is 1.00 e. The molecule has 1 atom stereocenters. The van der Waals surface area contributed by atoms with Crippen molar-refractivity contribution in [2.24, 2.45) is 0 Å². The molecule has 1 unspecified atom stereocenters. The number of carboxylic acid groups (broad SMARTS) is 1. The average Bonchev–Trinajstić information content (AvgIpc) is 3.44. The normalized spacial score (nSPS) is 11.3. The molecule has 0 radical (unpaired) electrons. The summed E-state index contributed by atoms with van der Waals surface area (Å²) in [6.45, 7) is 23.8. The van der Waals surface area contributed by atoms with Gasteiger partial charge in [-0.1, -0.05) is 172 Å². The number of esters is 2. The number of rotatable bonds is 22. The van der Waals surface area contributed by atoms with E-state index < -0.39 is 25.2 Å². The summed E-state index contributed by atoms with van der Waals surface area (Å²) in [6, 6.07) is 32.7. The fraction of sp³-hybridized carbons (Fsp3) is 0.379. The van der Waals surface area contributed by atoms with Gasteiger partial charge in [-0.2, -0.15) is 0 Å². The van der Waals surface area contributed by atoms with Crippen molar-refractivity contribution in [3.8, 4) is 0 Å². The number of halogens is 1. The van der Waals surface area contributed by atoms with Crippen LogP contribution < -0.4 is 34.9 Å². The summed E-state index contributed by atoms with van der Waals surface area (Å²) in [7, 11) is 3.87. The second-order valence-electron chi connectivity index (χ2n) is 17.8. The maximum absolute atomic E-state index is 12.1. The maximum Gasteiger partial charge on any atom is 1.00 e. The van der Waals surface area contributed by atoms with Crippen LogP contribution in [-0.2, 0) is 67.9 Å². The third kappa shape index (κ3) is 42.7. The van der Waals surface area contributed by atoms with Crippen LogP contribution in [-0.4, -0.2) is 106 Å². The van der Waals surface area contributed by atoms with E-state index in [1.807, 2.05) is 89.5 Å². The molecule has 3 N–H and O–H groups in total. The van der Waals surface area contributed by atoms with Crippen molar-refractivity contribution in [3.63, 3.8) is 0 Å². The van der Waals surface area contributed by atoms with E-state index in [1.165, 1.54) is 40.8 Å². The first kappa shape index (κ1) is 86.0. The Labute approximate surface area is 526 Å². The third-order valence-corrected chi connectivity index (χ3v) is 13.1. The van der Waals surface area contributed by atoms with Gasteiger partial charge in [-0.3, -0.25) is 18.9 Å². The number of amides is 1. The van der Waals surface area contributed by atoms with Crippen molar-refractivity contribution < 1.29 is 87.2 Å². The number of hydrogen-bond acceptors (Lipinski definition) is 12. The molecule has 0 saturated heterocycles. The molecule has 0 aliphatic heterocycles. The number of allylic oxidation sites excluding steroid dienone is 6. The van der Waals surface area contributed by atoms with E-state index in [1.54, 1.807) is 64.9 Å². The molecular weight excluding hydrogens is 1100 g/mol. The number of aldehydes is 1. The summed E-state index contributed by atoms with van der Waals surface area (Å²) in [5.74, 6) is -1.77. The van der Waals surface area contributed by atoms with Crippen molar-refractivity contribution in [2.45, 2.75) is 114 Å². The SMILES string of the molecule is CCOC(=O)/C=C/C(C)=C/c1cccc(CC)c1.CCOC(=O)C(C)P(=O)(OCC)OCC.CCc1cccc(/C=C(C)/C=C/C(=O)N(C)C)c1.CCc1cccc(/C=C(C)/C=C/C(=O)O)c1.CCc1cccc(C=O)c1.CNC.Cl.[Na+].[OH-]. The molecular formula is C66H95ClN2NaO12P. The minimum atomic E-state index is -3.37. The smallest absolute Gasteiger partial charge is 0.870 e. The van der Waals surface area contributed by atoms with Crippen molar-refractivity contribution in [2.75, 3.05) is 54.6 Å². The number of aliphatic carboxylic acids is 1. The molecule has 0 fully saturated rings. The summed E-state index contributed by atoms with van der Waals surface area (Å²) in [5.41, 5.74) is 11.5. The number of benzene rings is 4. The van der Waals surface area contributed by atoms with E-state index in [-0.39, 0.29) is 79.1 Å². The van der Waals surface area contributed by atoms with Crippen molar-refractivity contribution in [3.05, 3.63) is 195 Å². The zero-order chi connectivity index (χ0) is 60.9. The van der Waals surface area contributed by atoms with Crippen LogP contribution in [0, 0.1) is 0 Å². The van der Waals surface area contributed by atoms with Crippen LogP contribution in [0.5, 0.6) is 0 Å². The number of nitrogens with one attached hydrogen (secondary N) is 1. The fourth-order valence-corrected chi connectivity index (χ4v) is 8.06. The second-order valence-corrected chi connectivity index (χ2v) is 20.2. The Kier molecular flexibility index (Phi) is 54.9. The standard InChI is InChI=1S/C16H21NO.C16H20O2.C14H16O2.C9H19O5P.C9H10O.C2H7N.ClH.Na.H2O/c1-5-14-7-6-8-15(12-14)11-13(2)9-10-16(18)17(3)4;1-4-14-7-6-8-15(12-14)11-13(3)9-10-16(17)18-5-2;1-3-12-5-4-6-13(10-12)9-11(2)7-8-14(15)16;1-5-12-9(10)8(4)15(11,13-6-2)14-7-3;1-2-8-4-3-5-9(6-8)7-10;1-3-2;;;/h6-12H,5H2,1-4H3;6-12H,4-5H2,1-3H3;4-10H,3H2,1-2H3,(H,15,16);8H,5-7H2,1-4H3;3-7H,2H2,1H3;3H,1-2H3;1H;;1H2/q;;;;;;;+1;/p-1/b2*10-9+,13-11+;8-7+,11-9+;;;;;;. The molecule has 0 bridgehead atoms. The molecule has 0 aromatic heterocycles. The average molecular weight is 1200 g/mol. The third-order valence-electron chi connectivity index (χ3n) is 10.7. The van der Waals surface area contributed by atoms with Gasteiger partial charge < -0.3 is 39.3 Å². The van der Waals surface area contributed by atoms with Crippen LogP contribution in [0.3, 0.4) is 0 Å². The minimum Gasteiger partial charge on any atom is -0.870 e. The molecule has 83 heavy (non-hydrogen) atoms. The predicted octanol–water partition coefficient (Wildman–Crippen LogP) is 11.7. The van der Waals surface area contributed by atoms with Gasteiger partial charge in [-0.15, -0.1) is 12.4 Å². The van der Waals surface area contributed by atoms with Crippen LogP contribution in [0.1, 0.15) is 132 Å². The van der Waals surface area contributed by atoms with Gasteiger partial charge in [0, 0.05) is 37.9 Å². The fourth-order valence-electron chi connectivity index (χ4n) is 6.48. The zero-order valence-electron chi connectivity index (χ0n) is 52.5. The Morgan fingerprint density at radius 2 is 0.880 bits per heavy atom. The van der Waals surface area contributed by atoms with Gasteiger partial charge in [-0.05, 0) is 140 Å². The van der Waals surface area contributed by atoms with Crippen LogP contribution in [0.2, 0.25) is 0 Å². The van der Waals surface area contributed by atoms with Crippen molar-refractivity contribution >= 4 is 68.3 Å². The second kappa shape index (κ2) is 53.0. The summed E-state index contributed by atoms with van der Waals surface area (Å²) < 4.78 is 31.7. The van der Waals surface area contributed by atoms with Gasteiger partial charge >= 0.3 is 55.1 Å². The molecule has 17 heteroatoms. The van der Waals surface area contributed by atoms with E-state index in [0.717, 1.165) is 71.5 Å². The van der Waals surface area contributed by atoms with Crippen molar-refractivity contribution in [1.82, 2.24) is 10.2 Å². The number of likely N-dealkylation sites (N-methyl/N-ethyl adjacent to an activating group) is 1. The summed E-state index contributed by atoms with van der Waals surface area (Å²) in [6.07, 6.45) is 20.5. The van der Waals surface area contributed by atoms with Crippen LogP contribution in [0.15, 0.2) is 150 Å². The van der Waals surface area contributed by atoms with E-state index in [9.17, 15) is 28.5 Å². The number of carbonyl (C=O) groups is 5. The topological polar surface area (TPSA) is 205 Å². The quantitative estimate of drug-likeness (QED) is 0.0188. The van der Waals surface area contributed by atoms with E-state index in [0.29, 0.717) is 6.61 Å². The van der Waals surface area contributed by atoms with Gasteiger partial charge in [0.25, 0.3) is 0 Å². The Morgan fingerprint density at radius 3 is 1.18 bits per heavy atom. The molecule has 0 saturated carbocycles. The van der Waals surface area contributed by atoms with Gasteiger partial charge in [0.15, 0.2) is 5.66 Å². The Morgan fingerprint density at radius 1 is 0.554 bits per heavy atom. The molecule has 4 aromatic rings. The predicted molar refractivity (Wildman–Crippen MR) is 341 cm³/mol. The number of carboxylic acids is 1. The van der Waals surface area contributed by atoms with Crippen LogP contribution >= 0.6 is 20.0 Å². The molecule has 0 aliphatic carbocycles. The van der Waals surface area contributed by atoms with E-state index in [2.05, 4.69) is 99.8 Å². The van der Waals surface area contributed by atoms with E-state index >= 15 is 0 Å². The molecule has 1 amide bonds. The first-order valence-corrected chi connectivity index (χ1v) is 28.8. The van der Waals surface area contributed by atoms with E-state index in [4.69, 9.17) is 23.6 Å². The molecule has 0 heterocycles. The van der Waals surface area contributed by atoms with Gasteiger partial charge in [0.1, 0.15) is 6.29 Å². The number of nitrogens with zero attached hydrogens (tertiary/aromatic N) is 1. The molecule has 0 aliphatic rings. The molecule has 0 spiro atoms. The first-order valence-electron chi connectivity index (χ1n) is 27.2. The molecule has 14 nitrogen and oxygen atoms in total. The Hall–Kier alpha value is -5.77. The molecule has 4 rings (SSSR count). The first-order chi connectivity index (χ1) is 38.1. The minimum absolute atomic E-state index is 0.